The summed E-state index contributed by atoms with van der Waals surface area (Å²) in [5.74, 6) is -1.29. The Balaban J connectivity index is 1.78. The van der Waals surface area contributed by atoms with Gasteiger partial charge in [0.05, 0.1) is 31.6 Å². The molecule has 4 rings (SSSR count). The van der Waals surface area contributed by atoms with Crippen LogP contribution in [0, 0.1) is 17.2 Å². The van der Waals surface area contributed by atoms with E-state index in [-0.39, 0.29) is 12.2 Å². The maximum Gasteiger partial charge on any atom is 0.420 e. The lowest BCUT2D eigenvalue weighted by Crippen LogP contribution is -2.43. The molecule has 1 saturated heterocycles. The molecule has 13 nitrogen and oxygen atoms in total. The van der Waals surface area contributed by atoms with Crippen LogP contribution in [-0.2, 0) is 23.8 Å². The van der Waals surface area contributed by atoms with Gasteiger partial charge in [-0.2, -0.15) is 5.26 Å². The number of pyridine rings is 1. The maximum absolute atomic E-state index is 12.9. The number of rotatable bonds is 8. The van der Waals surface area contributed by atoms with E-state index in [2.05, 4.69) is 16.1 Å². The minimum atomic E-state index is -1.29. The molecule has 0 amide bonds. The van der Waals surface area contributed by atoms with Crippen molar-refractivity contribution in [1.82, 2.24) is 19.2 Å². The van der Waals surface area contributed by atoms with E-state index in [1.54, 1.807) is 46.2 Å². The third-order valence-corrected chi connectivity index (χ3v) is 6.77. The van der Waals surface area contributed by atoms with Gasteiger partial charge in [-0.15, -0.1) is 0 Å². The number of nitriles is 1. The lowest BCUT2D eigenvalue weighted by atomic mass is 9.95. The fourth-order valence-corrected chi connectivity index (χ4v) is 4.84. The van der Waals surface area contributed by atoms with Crippen molar-refractivity contribution in [1.29, 1.82) is 5.26 Å². The molecule has 0 saturated carbocycles. The predicted molar refractivity (Wildman–Crippen MR) is 148 cm³/mol. The number of carbonyl (C=O) groups excluding carboxylic acids is 2. The Hall–Kier alpha value is -4.44. The van der Waals surface area contributed by atoms with E-state index >= 15 is 0 Å². The van der Waals surface area contributed by atoms with Crippen LogP contribution in [0.5, 0.6) is 0 Å². The van der Waals surface area contributed by atoms with Crippen LogP contribution < -0.4 is 5.01 Å². The monoisotopic (exact) mass is 566 g/mol. The number of esters is 1. The Bertz CT molecular complexity index is 1530. The molecule has 1 N–H and O–H groups in total. The molecule has 0 bridgehead atoms. The number of hydrogen-bond donors (Lipinski definition) is 1. The van der Waals surface area contributed by atoms with Crippen LogP contribution >= 0.6 is 0 Å². The number of methoxy groups -OCH3 is 1. The first-order valence-electron chi connectivity index (χ1n) is 13.3. The molecule has 0 radical (unpaired) electrons. The van der Waals surface area contributed by atoms with Gasteiger partial charge in [-0.25, -0.2) is 33.6 Å². The van der Waals surface area contributed by atoms with E-state index in [1.807, 2.05) is 4.68 Å². The summed E-state index contributed by atoms with van der Waals surface area (Å²) in [4.78, 5) is 45.6. The van der Waals surface area contributed by atoms with Crippen molar-refractivity contribution >= 4 is 40.1 Å². The number of fused-ring (bicyclic) bond motifs is 3. The van der Waals surface area contributed by atoms with Gasteiger partial charge in [0.25, 0.3) is 0 Å². The zero-order chi connectivity index (χ0) is 29.9. The zero-order valence-corrected chi connectivity index (χ0v) is 23.8. The Morgan fingerprint density at radius 1 is 1.27 bits per heavy atom. The molecular formula is C28H34N6O7. The first kappa shape index (κ1) is 29.5. The lowest BCUT2D eigenvalue weighted by molar-refractivity contribution is -0.138. The summed E-state index contributed by atoms with van der Waals surface area (Å²) in [6, 6.07) is 4.04. The molecule has 1 aliphatic heterocycles. The van der Waals surface area contributed by atoms with E-state index in [9.17, 15) is 14.4 Å². The maximum atomic E-state index is 12.9. The SMILES string of the molecule is COC(=O)/C(=C/C(=O)O)CO[C@H](C)c1nc2cnc3c(ccn3C(=O)OC(C)(C)C)c2n1N1CCC(CC#N)CC1. The molecule has 0 aliphatic carbocycles. The Labute approximate surface area is 236 Å². The highest BCUT2D eigenvalue weighted by Gasteiger charge is 2.29. The first-order chi connectivity index (χ1) is 19.4. The highest BCUT2D eigenvalue weighted by molar-refractivity contribution is 6.04. The standard InChI is InChI=1S/C28H34N6O7/c1-17(40-16-19(14-22(35)36)26(37)39-5)24-31-21-15-30-25-20(9-13-33(25)27(38)41-28(2,3)4)23(21)34(24)32-11-7-18(6-10-29)8-12-32/h9,13-15,17-18H,6-8,11-12,16H2,1-5H3,(H,35,36)/b19-14+/t17-/m1/s1. The van der Waals surface area contributed by atoms with Crippen LogP contribution in [0.3, 0.4) is 0 Å². The van der Waals surface area contributed by atoms with Crippen molar-refractivity contribution in [2.24, 2.45) is 5.92 Å². The molecule has 1 aliphatic rings. The van der Waals surface area contributed by atoms with E-state index in [0.29, 0.717) is 47.8 Å². The number of piperidine rings is 1. The summed E-state index contributed by atoms with van der Waals surface area (Å²) >= 11 is 0. The molecule has 3 aromatic heterocycles. The molecule has 13 heteroatoms. The fourth-order valence-electron chi connectivity index (χ4n) is 4.84. The molecule has 0 spiro atoms. The number of ether oxygens (including phenoxy) is 3. The molecule has 0 unspecified atom stereocenters. The Morgan fingerprint density at radius 3 is 2.59 bits per heavy atom. The van der Waals surface area contributed by atoms with Gasteiger partial charge in [-0.1, -0.05) is 0 Å². The van der Waals surface area contributed by atoms with Crippen LogP contribution in [0.2, 0.25) is 0 Å². The smallest absolute Gasteiger partial charge is 0.420 e. The third-order valence-electron chi connectivity index (χ3n) is 6.77. The van der Waals surface area contributed by atoms with Crippen molar-refractivity contribution in [3.63, 3.8) is 0 Å². The first-order valence-corrected chi connectivity index (χ1v) is 13.3. The van der Waals surface area contributed by atoms with Crippen molar-refractivity contribution in [3.8, 4) is 6.07 Å². The second-order valence-corrected chi connectivity index (χ2v) is 10.9. The number of carboxylic acids is 1. The number of carboxylic acid groups (broad SMARTS) is 1. The van der Waals surface area contributed by atoms with Gasteiger partial charge in [0.2, 0.25) is 0 Å². The summed E-state index contributed by atoms with van der Waals surface area (Å²) in [6.45, 7) is 8.12. The third kappa shape index (κ3) is 6.49. The van der Waals surface area contributed by atoms with Crippen LogP contribution in [-0.4, -0.2) is 74.8 Å². The number of nitrogens with zero attached hydrogens (tertiary/aromatic N) is 6. The van der Waals surface area contributed by atoms with E-state index < -0.39 is 29.7 Å². The van der Waals surface area contributed by atoms with E-state index in [4.69, 9.17) is 29.6 Å². The van der Waals surface area contributed by atoms with Crippen molar-refractivity contribution in [2.45, 2.75) is 58.7 Å². The molecule has 4 heterocycles. The van der Waals surface area contributed by atoms with Gasteiger partial charge in [0.15, 0.2) is 11.5 Å². The number of aromatic nitrogens is 4. The average Bonchev–Trinajstić information content (AvgIpc) is 3.52. The lowest BCUT2D eigenvalue weighted by Gasteiger charge is -2.35. The number of aliphatic carboxylic acids is 1. The number of carbonyl (C=O) groups is 3. The zero-order valence-electron chi connectivity index (χ0n) is 23.8. The van der Waals surface area contributed by atoms with Gasteiger partial charge in [-0.05, 0) is 52.5 Å². The molecule has 218 valence electrons. The van der Waals surface area contributed by atoms with Crippen LogP contribution in [0.15, 0.2) is 30.1 Å². The largest absolute Gasteiger partial charge is 0.478 e. The summed E-state index contributed by atoms with van der Waals surface area (Å²) in [6.07, 6.45) is 4.83. The van der Waals surface area contributed by atoms with Crippen molar-refractivity contribution in [3.05, 3.63) is 35.9 Å². The second kappa shape index (κ2) is 12.0. The quantitative estimate of drug-likeness (QED) is 0.312. The molecule has 0 aromatic carbocycles. The molecule has 1 atom stereocenters. The Kier molecular flexibility index (Phi) is 8.63. The summed E-state index contributed by atoms with van der Waals surface area (Å²) < 4.78 is 19.5. The average molecular weight is 567 g/mol. The normalized spacial score (nSPS) is 15.6. The van der Waals surface area contributed by atoms with E-state index in [1.165, 1.54) is 11.7 Å². The minimum absolute atomic E-state index is 0.148. The molecule has 41 heavy (non-hydrogen) atoms. The fraction of sp³-hybridized carbons (Fsp3) is 0.500. The van der Waals surface area contributed by atoms with Crippen molar-refractivity contribution in [2.75, 3.05) is 31.8 Å². The summed E-state index contributed by atoms with van der Waals surface area (Å²) in [5, 5.41) is 21.1. The van der Waals surface area contributed by atoms with E-state index in [0.717, 1.165) is 24.4 Å². The molecule has 3 aromatic rings. The highest BCUT2D eigenvalue weighted by atomic mass is 16.6. The second-order valence-electron chi connectivity index (χ2n) is 10.9. The Morgan fingerprint density at radius 2 is 1.98 bits per heavy atom. The van der Waals surface area contributed by atoms with Crippen LogP contribution in [0.4, 0.5) is 4.79 Å². The summed E-state index contributed by atoms with van der Waals surface area (Å²) in [7, 11) is 1.17. The highest BCUT2D eigenvalue weighted by Crippen LogP contribution is 2.31. The van der Waals surface area contributed by atoms with Crippen LogP contribution in [0.1, 0.15) is 58.9 Å². The predicted octanol–water partition coefficient (Wildman–Crippen LogP) is 3.69. The van der Waals surface area contributed by atoms with Gasteiger partial charge < -0.3 is 24.3 Å². The number of hydrogen-bond acceptors (Lipinski definition) is 10. The topological polar surface area (TPSA) is 162 Å². The van der Waals surface area contributed by atoms with Gasteiger partial charge in [-0.3, -0.25) is 0 Å². The molecular weight excluding hydrogens is 532 g/mol. The minimum Gasteiger partial charge on any atom is -0.478 e. The number of imidazole rings is 1. The van der Waals surface area contributed by atoms with Gasteiger partial charge in [0.1, 0.15) is 22.7 Å². The van der Waals surface area contributed by atoms with Crippen molar-refractivity contribution < 1.29 is 33.7 Å². The molecule has 1 fully saturated rings. The van der Waals surface area contributed by atoms with Gasteiger partial charge in [0, 0.05) is 37.2 Å². The summed E-state index contributed by atoms with van der Waals surface area (Å²) in [5.41, 5.74) is 0.856. The van der Waals surface area contributed by atoms with Gasteiger partial charge >= 0.3 is 18.0 Å². The van der Waals surface area contributed by atoms with Crippen LogP contribution in [0.25, 0.3) is 22.1 Å².